The lowest BCUT2D eigenvalue weighted by atomic mass is 10.2. The van der Waals surface area contributed by atoms with E-state index in [-0.39, 0.29) is 11.7 Å². The summed E-state index contributed by atoms with van der Waals surface area (Å²) >= 11 is 1.87. The molecule has 2 N–H and O–H groups in total. The van der Waals surface area contributed by atoms with Crippen molar-refractivity contribution in [3.8, 4) is 0 Å². The number of urea groups is 1. The Kier molecular flexibility index (Phi) is 4.84. The lowest BCUT2D eigenvalue weighted by Gasteiger charge is -2.30. The van der Waals surface area contributed by atoms with E-state index in [1.54, 1.807) is 11.0 Å². The van der Waals surface area contributed by atoms with Crippen molar-refractivity contribution in [3.63, 3.8) is 0 Å². The van der Waals surface area contributed by atoms with Crippen molar-refractivity contribution in [2.24, 2.45) is 0 Å². The highest BCUT2D eigenvalue weighted by molar-refractivity contribution is 7.99. The summed E-state index contributed by atoms with van der Waals surface area (Å²) in [6.07, 6.45) is 1.47. The number of hydrogen-bond donors (Lipinski definition) is 2. The first-order chi connectivity index (χ1) is 9.56. The van der Waals surface area contributed by atoms with Crippen LogP contribution < -0.4 is 5.32 Å². The summed E-state index contributed by atoms with van der Waals surface area (Å²) in [6.45, 7) is 3.98. The van der Waals surface area contributed by atoms with Gasteiger partial charge in [0.05, 0.1) is 0 Å². The van der Waals surface area contributed by atoms with Gasteiger partial charge in [0.1, 0.15) is 5.69 Å². The summed E-state index contributed by atoms with van der Waals surface area (Å²) in [4.78, 5) is 28.3. The molecule has 0 aliphatic carbocycles. The Morgan fingerprint density at radius 1 is 1.55 bits per heavy atom. The number of nitrogens with zero attached hydrogens (tertiary/aromatic N) is 2. The van der Waals surface area contributed by atoms with E-state index in [0.29, 0.717) is 11.8 Å². The quantitative estimate of drug-likeness (QED) is 0.881. The molecule has 1 aromatic rings. The van der Waals surface area contributed by atoms with Crippen LogP contribution in [0.15, 0.2) is 18.3 Å². The fourth-order valence-electron chi connectivity index (χ4n) is 1.95. The molecule has 0 aromatic carbocycles. The van der Waals surface area contributed by atoms with E-state index in [0.717, 1.165) is 24.4 Å². The van der Waals surface area contributed by atoms with E-state index in [9.17, 15) is 9.59 Å². The first-order valence-corrected chi connectivity index (χ1v) is 7.43. The molecule has 1 atom stereocenters. The van der Waals surface area contributed by atoms with Crippen LogP contribution in [0.2, 0.25) is 0 Å². The molecular weight excluding hydrogens is 278 g/mol. The fraction of sp³-hybridized carbons (Fsp3) is 0.462. The second kappa shape index (κ2) is 6.60. The molecule has 7 heteroatoms. The summed E-state index contributed by atoms with van der Waals surface area (Å²) in [5.41, 5.74) is 0.782. The maximum atomic E-state index is 12.0. The minimum Gasteiger partial charge on any atom is -0.477 e. The number of carbonyl (C=O) groups excluding carboxylic acids is 1. The predicted molar refractivity (Wildman–Crippen MR) is 76.9 cm³/mol. The molecule has 6 nitrogen and oxygen atoms in total. The number of carbonyl (C=O) groups is 2. The first-order valence-electron chi connectivity index (χ1n) is 6.39. The van der Waals surface area contributed by atoms with Gasteiger partial charge in [-0.3, -0.25) is 0 Å². The standard InChI is InChI=1S/C13H17N3O3S/c1-9-8-16(4-5-20-9)13(19)15-7-10-2-3-11(12(17)18)14-6-10/h2-3,6,9H,4-5,7-8H2,1H3,(H,15,19)(H,17,18). The van der Waals surface area contributed by atoms with E-state index in [1.165, 1.54) is 12.3 Å². The maximum Gasteiger partial charge on any atom is 0.354 e. The number of hydrogen-bond acceptors (Lipinski definition) is 4. The number of rotatable bonds is 3. The number of pyridine rings is 1. The second-order valence-corrected chi connectivity index (χ2v) is 6.19. The fourth-order valence-corrected chi connectivity index (χ4v) is 2.96. The second-order valence-electron chi connectivity index (χ2n) is 4.64. The van der Waals surface area contributed by atoms with E-state index in [2.05, 4.69) is 17.2 Å². The van der Waals surface area contributed by atoms with Gasteiger partial charge in [-0.2, -0.15) is 11.8 Å². The third-order valence-electron chi connectivity index (χ3n) is 3.02. The smallest absolute Gasteiger partial charge is 0.354 e. The van der Waals surface area contributed by atoms with Gasteiger partial charge in [-0.1, -0.05) is 13.0 Å². The molecule has 1 unspecified atom stereocenters. The molecule has 1 fully saturated rings. The molecule has 2 rings (SSSR count). The van der Waals surface area contributed by atoms with E-state index < -0.39 is 5.97 Å². The van der Waals surface area contributed by atoms with Crippen molar-refractivity contribution >= 4 is 23.8 Å². The average molecular weight is 295 g/mol. The number of aromatic carboxylic acids is 1. The summed E-state index contributed by atoms with van der Waals surface area (Å²) < 4.78 is 0. The molecule has 1 saturated heterocycles. The Bertz CT molecular complexity index is 492. The number of carboxylic acids is 1. The van der Waals surface area contributed by atoms with Gasteiger partial charge in [-0.05, 0) is 11.6 Å². The van der Waals surface area contributed by atoms with Crippen LogP contribution in [0.1, 0.15) is 23.0 Å². The molecule has 1 aliphatic heterocycles. The highest BCUT2D eigenvalue weighted by Gasteiger charge is 2.20. The van der Waals surface area contributed by atoms with Crippen LogP contribution in [0, 0.1) is 0 Å². The van der Waals surface area contributed by atoms with Crippen LogP contribution in [0.4, 0.5) is 4.79 Å². The summed E-state index contributed by atoms with van der Waals surface area (Å²) in [6, 6.07) is 3.01. The zero-order valence-electron chi connectivity index (χ0n) is 11.2. The van der Waals surface area contributed by atoms with Gasteiger partial charge in [-0.15, -0.1) is 0 Å². The van der Waals surface area contributed by atoms with Gasteiger partial charge in [-0.25, -0.2) is 14.6 Å². The molecular formula is C13H17N3O3S. The van der Waals surface area contributed by atoms with Crippen molar-refractivity contribution < 1.29 is 14.7 Å². The minimum absolute atomic E-state index is 0.00181. The van der Waals surface area contributed by atoms with Crippen molar-refractivity contribution in [2.45, 2.75) is 18.7 Å². The Morgan fingerprint density at radius 3 is 2.95 bits per heavy atom. The van der Waals surface area contributed by atoms with Gasteiger partial charge < -0.3 is 15.3 Å². The van der Waals surface area contributed by atoms with E-state index >= 15 is 0 Å². The highest BCUT2D eigenvalue weighted by Crippen LogP contribution is 2.17. The van der Waals surface area contributed by atoms with E-state index in [4.69, 9.17) is 5.11 Å². The molecule has 1 aromatic heterocycles. The van der Waals surface area contributed by atoms with Gasteiger partial charge in [0.15, 0.2) is 0 Å². The molecule has 0 saturated carbocycles. The first kappa shape index (κ1) is 14.6. The van der Waals surface area contributed by atoms with E-state index in [1.807, 2.05) is 11.8 Å². The number of carboxylic acid groups (broad SMARTS) is 1. The molecule has 0 radical (unpaired) electrons. The van der Waals surface area contributed by atoms with Crippen molar-refractivity contribution in [2.75, 3.05) is 18.8 Å². The van der Waals surface area contributed by atoms with Gasteiger partial charge in [0.2, 0.25) is 0 Å². The maximum absolute atomic E-state index is 12.0. The number of amides is 2. The lowest BCUT2D eigenvalue weighted by Crippen LogP contribution is -2.46. The molecule has 20 heavy (non-hydrogen) atoms. The van der Waals surface area contributed by atoms with Gasteiger partial charge in [0.25, 0.3) is 0 Å². The summed E-state index contributed by atoms with van der Waals surface area (Å²) in [5, 5.41) is 12.0. The number of aromatic nitrogens is 1. The van der Waals surface area contributed by atoms with Crippen LogP contribution in [-0.2, 0) is 6.54 Å². The molecule has 2 heterocycles. The SMILES string of the molecule is CC1CN(C(=O)NCc2ccc(C(=O)O)nc2)CCS1. The third kappa shape index (κ3) is 3.86. The molecule has 108 valence electrons. The van der Waals surface area contributed by atoms with Crippen LogP contribution in [-0.4, -0.2) is 51.1 Å². The predicted octanol–water partition coefficient (Wildman–Crippen LogP) is 1.43. The number of nitrogens with one attached hydrogen (secondary N) is 1. The van der Waals surface area contributed by atoms with Crippen LogP contribution in [0.5, 0.6) is 0 Å². The van der Waals surface area contributed by atoms with Gasteiger partial charge in [0, 0.05) is 36.8 Å². The molecule has 1 aliphatic rings. The van der Waals surface area contributed by atoms with Crippen LogP contribution >= 0.6 is 11.8 Å². The third-order valence-corrected chi connectivity index (χ3v) is 4.15. The minimum atomic E-state index is -1.06. The Labute approximate surface area is 121 Å². The largest absolute Gasteiger partial charge is 0.477 e. The average Bonchev–Trinajstić information content (AvgIpc) is 2.45. The lowest BCUT2D eigenvalue weighted by molar-refractivity contribution is 0.0690. The Hall–Kier alpha value is -1.76. The molecule has 0 spiro atoms. The van der Waals surface area contributed by atoms with Crippen molar-refractivity contribution in [3.05, 3.63) is 29.6 Å². The summed E-state index contributed by atoms with van der Waals surface area (Å²) in [5.74, 6) is -0.0934. The van der Waals surface area contributed by atoms with Crippen LogP contribution in [0.3, 0.4) is 0 Å². The Morgan fingerprint density at radius 2 is 2.35 bits per heavy atom. The highest BCUT2D eigenvalue weighted by atomic mass is 32.2. The zero-order valence-corrected chi connectivity index (χ0v) is 12.0. The Balaban J connectivity index is 1.85. The zero-order chi connectivity index (χ0) is 14.5. The normalized spacial score (nSPS) is 18.6. The topological polar surface area (TPSA) is 82.5 Å². The van der Waals surface area contributed by atoms with Crippen molar-refractivity contribution in [1.29, 1.82) is 0 Å². The molecule has 2 amide bonds. The van der Waals surface area contributed by atoms with Crippen LogP contribution in [0.25, 0.3) is 0 Å². The molecule has 0 bridgehead atoms. The summed E-state index contributed by atoms with van der Waals surface area (Å²) in [7, 11) is 0. The monoisotopic (exact) mass is 295 g/mol. The van der Waals surface area contributed by atoms with Crippen molar-refractivity contribution in [1.82, 2.24) is 15.2 Å². The number of thioether (sulfide) groups is 1. The van der Waals surface area contributed by atoms with Gasteiger partial charge >= 0.3 is 12.0 Å².